The Morgan fingerprint density at radius 3 is 2.44 bits per heavy atom. The number of para-hydroxylation sites is 2. The zero-order valence-electron chi connectivity index (χ0n) is 31.8. The lowest BCUT2D eigenvalue weighted by atomic mass is 9.64. The summed E-state index contributed by atoms with van der Waals surface area (Å²) in [7, 11) is 0. The molecule has 10 unspecified atom stereocenters. The molecule has 1 aromatic heterocycles. The van der Waals surface area contributed by atoms with Crippen molar-refractivity contribution in [2.75, 3.05) is 26.2 Å². The topological polar surface area (TPSA) is 129 Å². The lowest BCUT2D eigenvalue weighted by Gasteiger charge is -2.61. The van der Waals surface area contributed by atoms with Gasteiger partial charge >= 0.3 is 11.8 Å². The first-order valence-corrected chi connectivity index (χ1v) is 20.5. The minimum atomic E-state index is -1.33. The lowest BCUT2D eigenvalue weighted by Crippen LogP contribution is -2.73. The Hall–Kier alpha value is -3.71. The highest BCUT2D eigenvalue weighted by Crippen LogP contribution is 2.51. The Morgan fingerprint density at radius 2 is 1.69 bits per heavy atom. The van der Waals surface area contributed by atoms with E-state index in [1.165, 1.54) is 25.7 Å². The van der Waals surface area contributed by atoms with Crippen molar-refractivity contribution in [1.29, 1.82) is 0 Å². The molecule has 12 nitrogen and oxygen atoms in total. The van der Waals surface area contributed by atoms with Gasteiger partial charge in [0.25, 0.3) is 5.91 Å². The predicted octanol–water partition coefficient (Wildman–Crippen LogP) is 4.69. The van der Waals surface area contributed by atoms with Crippen LogP contribution >= 0.6 is 0 Å². The molecule has 54 heavy (non-hydrogen) atoms. The summed E-state index contributed by atoms with van der Waals surface area (Å²) < 4.78 is 31.2. The molecular formula is C41H55FN6O6. The number of aromatic amines is 1. The number of amides is 2. The molecule has 4 aliphatic heterocycles. The van der Waals surface area contributed by atoms with E-state index in [0.717, 1.165) is 23.9 Å². The molecule has 3 aliphatic carbocycles. The number of nitrogens with one attached hydrogen (secondary N) is 2. The number of likely N-dealkylation sites (tertiary alicyclic amines) is 2. The van der Waals surface area contributed by atoms with E-state index in [2.05, 4.69) is 20.1 Å². The smallest absolute Gasteiger partial charge is 0.407 e. The Balaban J connectivity index is 0.971. The second-order valence-electron chi connectivity index (χ2n) is 18.1. The van der Waals surface area contributed by atoms with E-state index >= 15 is 4.39 Å². The van der Waals surface area contributed by atoms with Crippen molar-refractivity contribution in [2.24, 2.45) is 17.8 Å². The molecule has 10 atom stereocenters. The van der Waals surface area contributed by atoms with Gasteiger partial charge in [0, 0.05) is 50.4 Å². The first-order chi connectivity index (χ1) is 25.9. The number of rotatable bonds is 4. The van der Waals surface area contributed by atoms with Crippen molar-refractivity contribution in [2.45, 2.75) is 139 Å². The normalized spacial score (nSPS) is 35.9. The summed E-state index contributed by atoms with van der Waals surface area (Å²) in [5, 5.41) is 2.98. The van der Waals surface area contributed by atoms with Crippen LogP contribution in [-0.4, -0.2) is 116 Å². The minimum Gasteiger partial charge on any atom is -0.444 e. The Bertz CT molecular complexity index is 1880. The molecule has 13 heteroatoms. The van der Waals surface area contributed by atoms with E-state index in [9.17, 15) is 19.2 Å². The van der Waals surface area contributed by atoms with Gasteiger partial charge in [0.15, 0.2) is 5.78 Å². The molecule has 7 aliphatic rings. The number of imidazole rings is 1. The third kappa shape index (κ3) is 6.36. The van der Waals surface area contributed by atoms with Crippen molar-refractivity contribution >= 4 is 28.8 Å². The molecule has 0 bridgehead atoms. The van der Waals surface area contributed by atoms with E-state index in [-0.39, 0.29) is 59.6 Å². The number of Topliss-reactive ketones (excluding diaryl/α,β-unsaturated/α-hetero) is 1. The van der Waals surface area contributed by atoms with Gasteiger partial charge in [-0.25, -0.2) is 14.0 Å². The van der Waals surface area contributed by atoms with E-state index in [1.807, 2.05) is 51.2 Å². The van der Waals surface area contributed by atoms with Crippen LogP contribution in [-0.2, 0) is 19.1 Å². The lowest BCUT2D eigenvalue weighted by molar-refractivity contribution is -0.219. The molecule has 2 aromatic rings. The SMILES string of the molecule is CC(C)(C)OC(=O)NC1CCN(C2C(F)CC3C(=O)C(C(=O)N4CCC(n5c(=O)[nH]c6ccccc65)CC4)=CN4C5CC6CCCCC6CC5OC2C34)C1. The van der Waals surface area contributed by atoms with Crippen LogP contribution in [0.15, 0.2) is 40.8 Å². The molecular weight excluding hydrogens is 691 g/mol. The minimum absolute atomic E-state index is 0.0282. The highest BCUT2D eigenvalue weighted by atomic mass is 19.1. The highest BCUT2D eigenvalue weighted by molar-refractivity contribution is 6.20. The van der Waals surface area contributed by atoms with Crippen LogP contribution in [0.2, 0.25) is 0 Å². The first kappa shape index (κ1) is 36.0. The summed E-state index contributed by atoms with van der Waals surface area (Å²) >= 11 is 0. The van der Waals surface area contributed by atoms with E-state index in [1.54, 1.807) is 9.47 Å². The number of aromatic nitrogens is 2. The molecule has 5 heterocycles. The van der Waals surface area contributed by atoms with Gasteiger partial charge in [0.05, 0.1) is 46.9 Å². The maximum absolute atomic E-state index is 16.8. The van der Waals surface area contributed by atoms with E-state index in [4.69, 9.17) is 9.47 Å². The van der Waals surface area contributed by atoms with E-state index < -0.39 is 35.9 Å². The van der Waals surface area contributed by atoms with Crippen LogP contribution in [0.5, 0.6) is 0 Å². The van der Waals surface area contributed by atoms with Gasteiger partial charge in [-0.2, -0.15) is 0 Å². The number of alkyl carbamates (subject to hydrolysis) is 1. The number of benzene rings is 1. The van der Waals surface area contributed by atoms with E-state index in [0.29, 0.717) is 57.3 Å². The van der Waals surface area contributed by atoms with Gasteiger partial charge in [-0.3, -0.25) is 19.1 Å². The molecule has 3 saturated carbocycles. The quantitative estimate of drug-likeness (QED) is 0.432. The number of halogens is 1. The van der Waals surface area contributed by atoms with Crippen LogP contribution in [0.4, 0.5) is 9.18 Å². The fourth-order valence-electron chi connectivity index (χ4n) is 11.4. The third-order valence-corrected chi connectivity index (χ3v) is 13.8. The number of morpholine rings is 1. The molecule has 3 saturated heterocycles. The van der Waals surface area contributed by atoms with Crippen molar-refractivity contribution in [3.63, 3.8) is 0 Å². The fraction of sp³-hybridized carbons (Fsp3) is 0.707. The Labute approximate surface area is 315 Å². The average Bonchev–Trinajstić information content (AvgIpc) is 3.73. The second-order valence-corrected chi connectivity index (χ2v) is 18.1. The number of ketones is 1. The summed E-state index contributed by atoms with van der Waals surface area (Å²) in [5.41, 5.74) is 1.04. The molecule has 2 amide bonds. The summed E-state index contributed by atoms with van der Waals surface area (Å²) in [4.78, 5) is 63.5. The maximum atomic E-state index is 16.8. The second kappa shape index (κ2) is 13.8. The largest absolute Gasteiger partial charge is 0.444 e. The number of hydrogen-bond acceptors (Lipinski definition) is 8. The maximum Gasteiger partial charge on any atom is 0.407 e. The van der Waals surface area contributed by atoms with Gasteiger partial charge in [0.2, 0.25) is 0 Å². The molecule has 2 N–H and O–H groups in total. The molecule has 1 aromatic carbocycles. The third-order valence-electron chi connectivity index (χ3n) is 13.8. The highest BCUT2D eigenvalue weighted by Gasteiger charge is 2.61. The number of alkyl halides is 1. The number of nitrogens with zero attached hydrogens (tertiary/aromatic N) is 4. The van der Waals surface area contributed by atoms with Gasteiger partial charge in [-0.1, -0.05) is 37.8 Å². The zero-order chi connectivity index (χ0) is 37.5. The van der Waals surface area contributed by atoms with Gasteiger partial charge in [-0.05, 0) is 83.3 Å². The summed E-state index contributed by atoms with van der Waals surface area (Å²) in [6, 6.07) is 6.52. The standard InChI is InChI=1S/C41H55FN6O6/c1-41(2,3)54-40(52)43-25-12-15-46(21-25)35-29(42)20-27-34-37(35)53-33-19-24-9-5-4-8-23(24)18-32(33)47(34)22-28(36(27)49)38(50)45-16-13-26(14-17-45)48-31-11-7-6-10-30(31)44-39(48)51/h6-7,10-11,22-27,29,32-35,37H,4-5,8-9,12-21H2,1-3H3,(H,43,52)(H,44,51). The van der Waals surface area contributed by atoms with Crippen LogP contribution in [0.25, 0.3) is 11.0 Å². The van der Waals surface area contributed by atoms with Crippen molar-refractivity contribution in [3.05, 3.63) is 46.5 Å². The van der Waals surface area contributed by atoms with Crippen LogP contribution in [0.1, 0.15) is 91.0 Å². The fourth-order valence-corrected chi connectivity index (χ4v) is 11.4. The number of fused-ring (bicyclic) bond motifs is 4. The number of carbonyl (C=O) groups is 3. The van der Waals surface area contributed by atoms with Crippen LogP contribution in [0, 0.1) is 17.8 Å². The number of carbonyl (C=O) groups excluding carboxylic acids is 3. The molecule has 292 valence electrons. The number of ether oxygens (including phenoxy) is 2. The molecule has 0 radical (unpaired) electrons. The molecule has 9 rings (SSSR count). The van der Waals surface area contributed by atoms with Gasteiger partial charge in [0.1, 0.15) is 11.8 Å². The summed E-state index contributed by atoms with van der Waals surface area (Å²) in [6.45, 7) is 7.43. The Kier molecular flexibility index (Phi) is 9.18. The first-order valence-electron chi connectivity index (χ1n) is 20.5. The van der Waals surface area contributed by atoms with Crippen molar-refractivity contribution in [3.8, 4) is 0 Å². The van der Waals surface area contributed by atoms with Crippen LogP contribution in [0.3, 0.4) is 0 Å². The number of H-pyrrole nitrogens is 1. The molecule has 0 spiro atoms. The zero-order valence-corrected chi connectivity index (χ0v) is 31.8. The molecule has 6 fully saturated rings. The van der Waals surface area contributed by atoms with Crippen LogP contribution < -0.4 is 11.0 Å². The Morgan fingerprint density at radius 1 is 0.944 bits per heavy atom. The van der Waals surface area contributed by atoms with Crippen molar-refractivity contribution in [1.82, 2.24) is 29.6 Å². The van der Waals surface area contributed by atoms with Crippen molar-refractivity contribution < 1.29 is 28.2 Å². The summed E-state index contributed by atoms with van der Waals surface area (Å²) in [6.07, 6.45) is 8.01. The number of piperidine rings is 1. The average molecular weight is 747 g/mol. The van der Waals surface area contributed by atoms with Gasteiger partial charge < -0.3 is 29.6 Å². The summed E-state index contributed by atoms with van der Waals surface area (Å²) in [5.74, 6) is -0.0887. The monoisotopic (exact) mass is 746 g/mol. The predicted molar refractivity (Wildman–Crippen MR) is 199 cm³/mol. The van der Waals surface area contributed by atoms with Gasteiger partial charge in [-0.15, -0.1) is 0 Å². The number of hydrogen-bond donors (Lipinski definition) is 2.